The van der Waals surface area contributed by atoms with Gasteiger partial charge in [-0.2, -0.15) is 5.26 Å². The Morgan fingerprint density at radius 1 is 1.33 bits per heavy atom. The van der Waals surface area contributed by atoms with Gasteiger partial charge >= 0.3 is 0 Å². The van der Waals surface area contributed by atoms with E-state index in [4.69, 9.17) is 11.0 Å². The lowest BCUT2D eigenvalue weighted by molar-refractivity contribution is 0.275. The summed E-state index contributed by atoms with van der Waals surface area (Å²) in [5, 5.41) is 8.58. The van der Waals surface area contributed by atoms with Gasteiger partial charge in [0, 0.05) is 0 Å². The first-order chi connectivity index (χ1) is 5.24. The van der Waals surface area contributed by atoms with E-state index in [-0.39, 0.29) is 18.4 Å². The lowest BCUT2D eigenvalue weighted by atomic mass is 9.80. The Kier molecular flexibility index (Phi) is 5.28. The first-order valence-corrected chi connectivity index (χ1v) is 4.39. The summed E-state index contributed by atoms with van der Waals surface area (Å²) >= 11 is 0. The molecule has 1 rings (SSSR count). The van der Waals surface area contributed by atoms with Crippen LogP contribution in [0.15, 0.2) is 0 Å². The van der Waals surface area contributed by atoms with Crippen LogP contribution in [0.4, 0.5) is 0 Å². The number of rotatable bonds is 1. The third-order valence-electron chi connectivity index (χ3n) is 2.72. The highest BCUT2D eigenvalue weighted by molar-refractivity contribution is 5.85. The van der Waals surface area contributed by atoms with Gasteiger partial charge in [0.1, 0.15) is 0 Å². The van der Waals surface area contributed by atoms with Crippen LogP contribution < -0.4 is 5.73 Å². The molecule has 12 heavy (non-hydrogen) atoms. The fraction of sp³-hybridized carbons (Fsp3) is 0.889. The fourth-order valence-corrected chi connectivity index (χ4v) is 1.75. The van der Waals surface area contributed by atoms with Crippen LogP contribution in [-0.2, 0) is 0 Å². The molecule has 0 radical (unpaired) electrons. The van der Waals surface area contributed by atoms with E-state index in [2.05, 4.69) is 13.0 Å². The summed E-state index contributed by atoms with van der Waals surface area (Å²) in [4.78, 5) is 0. The van der Waals surface area contributed by atoms with Gasteiger partial charge in [0.05, 0.1) is 12.1 Å². The molecule has 1 saturated carbocycles. The zero-order valence-electron chi connectivity index (χ0n) is 7.49. The minimum Gasteiger partial charge on any atom is -0.316 e. The standard InChI is InChI=1S/C9H16N2.ClH/c1-7-2-4-8(5-3-7)9(11)6-10;/h7-9H,2-5,11H2,1H3;1H/t7-,8-,9-;/m1./s1. The Morgan fingerprint density at radius 3 is 2.25 bits per heavy atom. The van der Waals surface area contributed by atoms with Gasteiger partial charge in [0.25, 0.3) is 0 Å². The molecule has 0 aliphatic heterocycles. The van der Waals surface area contributed by atoms with Gasteiger partial charge in [-0.3, -0.25) is 0 Å². The van der Waals surface area contributed by atoms with Crippen molar-refractivity contribution >= 4 is 12.4 Å². The minimum absolute atomic E-state index is 0. The largest absolute Gasteiger partial charge is 0.316 e. The molecule has 0 aromatic heterocycles. The van der Waals surface area contributed by atoms with Crippen LogP contribution in [0.1, 0.15) is 32.6 Å². The third kappa shape index (κ3) is 3.00. The van der Waals surface area contributed by atoms with E-state index in [1.807, 2.05) is 0 Å². The van der Waals surface area contributed by atoms with Gasteiger partial charge in [0.15, 0.2) is 0 Å². The number of nitrogens with two attached hydrogens (primary N) is 1. The SMILES string of the molecule is C[C@H]1CC[C@H]([C@H](N)C#N)CC1.Cl. The van der Waals surface area contributed by atoms with Crippen LogP contribution in [0.3, 0.4) is 0 Å². The van der Waals surface area contributed by atoms with Crippen LogP contribution in [0.25, 0.3) is 0 Å². The summed E-state index contributed by atoms with van der Waals surface area (Å²) in [5.41, 5.74) is 5.63. The zero-order chi connectivity index (χ0) is 8.27. The second-order valence-electron chi connectivity index (χ2n) is 3.67. The van der Waals surface area contributed by atoms with Gasteiger partial charge < -0.3 is 5.73 Å². The highest BCUT2D eigenvalue weighted by Crippen LogP contribution is 2.29. The first kappa shape index (κ1) is 11.7. The van der Waals surface area contributed by atoms with Crippen LogP contribution in [0, 0.1) is 23.2 Å². The van der Waals surface area contributed by atoms with Crippen molar-refractivity contribution in [2.75, 3.05) is 0 Å². The van der Waals surface area contributed by atoms with Crippen molar-refractivity contribution in [3.63, 3.8) is 0 Å². The lowest BCUT2D eigenvalue weighted by Crippen LogP contribution is -2.31. The number of nitriles is 1. The van der Waals surface area contributed by atoms with Crippen molar-refractivity contribution in [2.45, 2.75) is 38.6 Å². The molecule has 3 heteroatoms. The molecule has 0 aromatic carbocycles. The second-order valence-corrected chi connectivity index (χ2v) is 3.67. The second kappa shape index (κ2) is 5.40. The molecular weight excluding hydrogens is 172 g/mol. The van der Waals surface area contributed by atoms with E-state index < -0.39 is 0 Å². The molecular formula is C9H17ClN2. The molecule has 0 aromatic rings. The Bertz CT molecular complexity index is 156. The maximum Gasteiger partial charge on any atom is 0.0956 e. The molecule has 0 saturated heterocycles. The molecule has 0 amide bonds. The molecule has 0 heterocycles. The van der Waals surface area contributed by atoms with Gasteiger partial charge in [-0.1, -0.05) is 19.8 Å². The Morgan fingerprint density at radius 2 is 1.83 bits per heavy atom. The summed E-state index contributed by atoms with van der Waals surface area (Å²) < 4.78 is 0. The highest BCUT2D eigenvalue weighted by atomic mass is 35.5. The summed E-state index contributed by atoms with van der Waals surface area (Å²) in [6.45, 7) is 2.27. The Labute approximate surface area is 80.5 Å². The molecule has 70 valence electrons. The van der Waals surface area contributed by atoms with E-state index >= 15 is 0 Å². The molecule has 0 unspecified atom stereocenters. The highest BCUT2D eigenvalue weighted by Gasteiger charge is 2.22. The smallest absolute Gasteiger partial charge is 0.0956 e. The number of hydrogen-bond donors (Lipinski definition) is 1. The summed E-state index contributed by atoms with van der Waals surface area (Å²) in [5.74, 6) is 1.31. The molecule has 1 aliphatic rings. The van der Waals surface area contributed by atoms with Crippen molar-refractivity contribution < 1.29 is 0 Å². The fourth-order valence-electron chi connectivity index (χ4n) is 1.75. The van der Waals surface area contributed by atoms with Gasteiger partial charge in [-0.05, 0) is 24.7 Å². The maximum absolute atomic E-state index is 8.58. The van der Waals surface area contributed by atoms with Crippen molar-refractivity contribution in [3.8, 4) is 6.07 Å². The normalized spacial score (nSPS) is 31.4. The quantitative estimate of drug-likeness (QED) is 0.685. The van der Waals surface area contributed by atoms with E-state index in [0.29, 0.717) is 5.92 Å². The third-order valence-corrected chi connectivity index (χ3v) is 2.72. The van der Waals surface area contributed by atoms with Crippen molar-refractivity contribution in [3.05, 3.63) is 0 Å². The number of halogens is 1. The van der Waals surface area contributed by atoms with Crippen LogP contribution >= 0.6 is 12.4 Å². The zero-order valence-corrected chi connectivity index (χ0v) is 8.31. The van der Waals surface area contributed by atoms with Crippen LogP contribution in [0.2, 0.25) is 0 Å². The molecule has 2 nitrogen and oxygen atoms in total. The van der Waals surface area contributed by atoms with Gasteiger partial charge in [0.2, 0.25) is 0 Å². The number of hydrogen-bond acceptors (Lipinski definition) is 2. The summed E-state index contributed by atoms with van der Waals surface area (Å²) in [6, 6.07) is 1.91. The first-order valence-electron chi connectivity index (χ1n) is 4.39. The van der Waals surface area contributed by atoms with E-state index in [0.717, 1.165) is 18.8 Å². The Hall–Kier alpha value is -0.260. The van der Waals surface area contributed by atoms with Gasteiger partial charge in [-0.25, -0.2) is 0 Å². The number of nitrogens with zero attached hydrogens (tertiary/aromatic N) is 1. The lowest BCUT2D eigenvalue weighted by Gasteiger charge is -2.27. The predicted molar refractivity (Wildman–Crippen MR) is 52.0 cm³/mol. The van der Waals surface area contributed by atoms with Gasteiger partial charge in [-0.15, -0.1) is 12.4 Å². The molecule has 1 aliphatic carbocycles. The van der Waals surface area contributed by atoms with Crippen LogP contribution in [0.5, 0.6) is 0 Å². The maximum atomic E-state index is 8.58. The molecule has 1 atom stereocenters. The van der Waals surface area contributed by atoms with E-state index in [1.54, 1.807) is 0 Å². The molecule has 0 spiro atoms. The molecule has 0 bridgehead atoms. The average Bonchev–Trinajstić information content (AvgIpc) is 2.05. The van der Waals surface area contributed by atoms with E-state index in [1.165, 1.54) is 12.8 Å². The Balaban J connectivity index is 0.00000121. The molecule has 2 N–H and O–H groups in total. The van der Waals surface area contributed by atoms with E-state index in [9.17, 15) is 0 Å². The minimum atomic E-state index is -0.220. The topological polar surface area (TPSA) is 49.8 Å². The van der Waals surface area contributed by atoms with Crippen LogP contribution in [-0.4, -0.2) is 6.04 Å². The average molecular weight is 189 g/mol. The predicted octanol–water partition coefficient (Wildman–Crippen LogP) is 2.09. The van der Waals surface area contributed by atoms with Crippen molar-refractivity contribution in [1.82, 2.24) is 0 Å². The molecule has 1 fully saturated rings. The van der Waals surface area contributed by atoms with Crippen molar-refractivity contribution in [2.24, 2.45) is 17.6 Å². The summed E-state index contributed by atoms with van der Waals surface area (Å²) in [7, 11) is 0. The van der Waals surface area contributed by atoms with Crippen molar-refractivity contribution in [1.29, 1.82) is 5.26 Å². The summed E-state index contributed by atoms with van der Waals surface area (Å²) in [6.07, 6.45) is 4.80. The monoisotopic (exact) mass is 188 g/mol.